The van der Waals surface area contributed by atoms with E-state index in [1.54, 1.807) is 4.90 Å². The molecule has 1 aliphatic rings. The minimum absolute atomic E-state index is 0.0495. The highest BCUT2D eigenvalue weighted by atomic mass is 16.2. The molecule has 1 N–H and O–H groups in total. The molecule has 0 aliphatic carbocycles. The van der Waals surface area contributed by atoms with Crippen LogP contribution in [0.3, 0.4) is 0 Å². The van der Waals surface area contributed by atoms with Crippen molar-refractivity contribution < 1.29 is 9.59 Å². The lowest BCUT2D eigenvalue weighted by atomic mass is 9.90. The predicted octanol–water partition coefficient (Wildman–Crippen LogP) is 1.18. The smallest absolute Gasteiger partial charge is 0.246 e. The Morgan fingerprint density at radius 3 is 2.53 bits per heavy atom. The van der Waals surface area contributed by atoms with E-state index in [2.05, 4.69) is 32.7 Å². The van der Waals surface area contributed by atoms with Crippen molar-refractivity contribution in [1.29, 1.82) is 0 Å². The van der Waals surface area contributed by atoms with Crippen LogP contribution in [0, 0.1) is 11.3 Å². The Hall–Kier alpha value is -1.32. The van der Waals surface area contributed by atoms with Crippen molar-refractivity contribution in [2.24, 2.45) is 11.3 Å². The Bertz CT molecular complexity index is 317. The number of likely N-dealkylation sites (tertiary alicyclic amines) is 1. The molecule has 0 bridgehead atoms. The molecule has 0 aromatic heterocycles. The Morgan fingerprint density at radius 2 is 2.06 bits per heavy atom. The maximum Gasteiger partial charge on any atom is 0.246 e. The monoisotopic (exact) mass is 238 g/mol. The minimum atomic E-state index is -0.0945. The summed E-state index contributed by atoms with van der Waals surface area (Å²) in [6.07, 6.45) is 2.31. The number of nitrogens with zero attached hydrogens (tertiary/aromatic N) is 1. The number of amides is 2. The topological polar surface area (TPSA) is 49.4 Å². The van der Waals surface area contributed by atoms with Crippen LogP contribution in [0.5, 0.6) is 0 Å². The number of nitrogens with one attached hydrogen (secondary N) is 1. The third-order valence-electron chi connectivity index (χ3n) is 3.44. The molecule has 0 radical (unpaired) electrons. The molecule has 96 valence electrons. The third-order valence-corrected chi connectivity index (χ3v) is 3.44. The Morgan fingerprint density at radius 1 is 1.47 bits per heavy atom. The average molecular weight is 238 g/mol. The van der Waals surface area contributed by atoms with E-state index in [0.717, 1.165) is 6.42 Å². The number of carbonyl (C=O) groups is 2. The molecule has 1 rings (SSSR count). The summed E-state index contributed by atoms with van der Waals surface area (Å²) in [6, 6.07) is 0. The maximum absolute atomic E-state index is 11.8. The van der Waals surface area contributed by atoms with Gasteiger partial charge in [-0.3, -0.25) is 9.59 Å². The van der Waals surface area contributed by atoms with Crippen molar-refractivity contribution in [3.05, 3.63) is 12.7 Å². The first-order valence-corrected chi connectivity index (χ1v) is 6.08. The van der Waals surface area contributed by atoms with Gasteiger partial charge in [0.05, 0.1) is 5.92 Å². The van der Waals surface area contributed by atoms with E-state index in [4.69, 9.17) is 0 Å². The van der Waals surface area contributed by atoms with Gasteiger partial charge >= 0.3 is 0 Å². The molecule has 0 atom stereocenters. The van der Waals surface area contributed by atoms with Gasteiger partial charge in [-0.1, -0.05) is 27.4 Å². The summed E-state index contributed by atoms with van der Waals surface area (Å²) in [5.74, 6) is -0.0888. The Labute approximate surface area is 103 Å². The van der Waals surface area contributed by atoms with Gasteiger partial charge in [-0.15, -0.1) is 0 Å². The zero-order valence-electron chi connectivity index (χ0n) is 11.0. The van der Waals surface area contributed by atoms with Crippen molar-refractivity contribution in [2.45, 2.75) is 27.2 Å². The van der Waals surface area contributed by atoms with Gasteiger partial charge in [-0.05, 0) is 17.9 Å². The number of hydrogen-bond donors (Lipinski definition) is 1. The van der Waals surface area contributed by atoms with Crippen molar-refractivity contribution in [3.8, 4) is 0 Å². The van der Waals surface area contributed by atoms with Crippen LogP contribution >= 0.6 is 0 Å². The summed E-state index contributed by atoms with van der Waals surface area (Å²) in [7, 11) is 0. The van der Waals surface area contributed by atoms with Crippen LogP contribution in [0.2, 0.25) is 0 Å². The zero-order chi connectivity index (χ0) is 13.1. The normalized spacial score (nSPS) is 16.3. The molecule has 2 amide bonds. The van der Waals surface area contributed by atoms with Gasteiger partial charge in [-0.2, -0.15) is 0 Å². The second kappa shape index (κ2) is 5.34. The highest BCUT2D eigenvalue weighted by molar-refractivity contribution is 5.90. The number of rotatable bonds is 5. The van der Waals surface area contributed by atoms with Gasteiger partial charge in [0.15, 0.2) is 0 Å². The summed E-state index contributed by atoms with van der Waals surface area (Å²) in [5.41, 5.74) is 0.135. The lowest BCUT2D eigenvalue weighted by molar-refractivity contribution is -0.139. The van der Waals surface area contributed by atoms with Crippen LogP contribution in [-0.2, 0) is 9.59 Å². The largest absolute Gasteiger partial charge is 0.355 e. The zero-order valence-corrected chi connectivity index (χ0v) is 11.0. The number of carbonyl (C=O) groups excluding carboxylic acids is 2. The van der Waals surface area contributed by atoms with Gasteiger partial charge in [0.2, 0.25) is 11.8 Å². The van der Waals surface area contributed by atoms with E-state index in [0.29, 0.717) is 19.6 Å². The van der Waals surface area contributed by atoms with E-state index < -0.39 is 0 Å². The summed E-state index contributed by atoms with van der Waals surface area (Å²) >= 11 is 0. The second-order valence-electron chi connectivity index (χ2n) is 5.38. The molecule has 0 spiro atoms. The molecule has 1 heterocycles. The van der Waals surface area contributed by atoms with E-state index >= 15 is 0 Å². The average Bonchev–Trinajstić information content (AvgIpc) is 2.24. The molecule has 0 aromatic carbocycles. The van der Waals surface area contributed by atoms with Crippen molar-refractivity contribution in [1.82, 2.24) is 10.2 Å². The van der Waals surface area contributed by atoms with Crippen LogP contribution in [-0.4, -0.2) is 36.3 Å². The van der Waals surface area contributed by atoms with E-state index in [1.807, 2.05) is 0 Å². The molecule has 0 saturated carbocycles. The highest BCUT2D eigenvalue weighted by Crippen LogP contribution is 2.19. The molecular weight excluding hydrogens is 216 g/mol. The van der Waals surface area contributed by atoms with Crippen LogP contribution in [0.1, 0.15) is 27.2 Å². The molecule has 17 heavy (non-hydrogen) atoms. The Balaban J connectivity index is 2.28. The van der Waals surface area contributed by atoms with Gasteiger partial charge < -0.3 is 10.2 Å². The lowest BCUT2D eigenvalue weighted by Gasteiger charge is -2.38. The molecule has 4 heteroatoms. The van der Waals surface area contributed by atoms with Gasteiger partial charge in [0.25, 0.3) is 0 Å². The molecule has 1 saturated heterocycles. The first-order valence-electron chi connectivity index (χ1n) is 6.08. The maximum atomic E-state index is 11.8. The summed E-state index contributed by atoms with van der Waals surface area (Å²) < 4.78 is 0. The first-order chi connectivity index (χ1) is 7.89. The molecular formula is C13H22N2O2. The van der Waals surface area contributed by atoms with Crippen LogP contribution < -0.4 is 5.32 Å². The van der Waals surface area contributed by atoms with Crippen molar-refractivity contribution in [2.75, 3.05) is 19.6 Å². The second-order valence-corrected chi connectivity index (χ2v) is 5.38. The fourth-order valence-corrected chi connectivity index (χ4v) is 1.55. The van der Waals surface area contributed by atoms with Gasteiger partial charge in [0, 0.05) is 19.6 Å². The standard InChI is InChI=1S/C13H22N2O2/c1-5-11(16)15-7-10(8-15)12(17)14-9-13(3,4)6-2/h5,10H,1,6-9H2,2-4H3,(H,14,17). The van der Waals surface area contributed by atoms with Crippen molar-refractivity contribution in [3.63, 3.8) is 0 Å². The van der Waals surface area contributed by atoms with E-state index in [1.165, 1.54) is 6.08 Å². The molecule has 1 aliphatic heterocycles. The van der Waals surface area contributed by atoms with Gasteiger partial charge in [0.1, 0.15) is 0 Å². The van der Waals surface area contributed by atoms with E-state index in [9.17, 15) is 9.59 Å². The molecule has 0 unspecified atom stereocenters. The fourth-order valence-electron chi connectivity index (χ4n) is 1.55. The first kappa shape index (κ1) is 13.7. The number of hydrogen-bond acceptors (Lipinski definition) is 2. The van der Waals surface area contributed by atoms with Crippen molar-refractivity contribution >= 4 is 11.8 Å². The highest BCUT2D eigenvalue weighted by Gasteiger charge is 2.34. The molecule has 0 aromatic rings. The Kier molecular flexibility index (Phi) is 4.32. The quantitative estimate of drug-likeness (QED) is 0.731. The van der Waals surface area contributed by atoms with Crippen LogP contribution in [0.25, 0.3) is 0 Å². The van der Waals surface area contributed by atoms with Crippen LogP contribution in [0.4, 0.5) is 0 Å². The SMILES string of the molecule is C=CC(=O)N1CC(C(=O)NCC(C)(C)CC)C1. The molecule has 1 fully saturated rings. The van der Waals surface area contributed by atoms with Crippen LogP contribution in [0.15, 0.2) is 12.7 Å². The van der Waals surface area contributed by atoms with Gasteiger partial charge in [-0.25, -0.2) is 0 Å². The summed E-state index contributed by atoms with van der Waals surface area (Å²) in [4.78, 5) is 24.6. The summed E-state index contributed by atoms with van der Waals surface area (Å²) in [6.45, 7) is 11.5. The fraction of sp³-hybridized carbons (Fsp3) is 0.692. The minimum Gasteiger partial charge on any atom is -0.355 e. The summed E-state index contributed by atoms with van der Waals surface area (Å²) in [5, 5.41) is 2.95. The third kappa shape index (κ3) is 3.58. The van der Waals surface area contributed by atoms with E-state index in [-0.39, 0.29) is 23.1 Å². The predicted molar refractivity (Wildman–Crippen MR) is 67.3 cm³/mol. The molecule has 4 nitrogen and oxygen atoms in total. The lowest BCUT2D eigenvalue weighted by Crippen LogP contribution is -2.56.